The summed E-state index contributed by atoms with van der Waals surface area (Å²) in [5.74, 6) is 0.556. The van der Waals surface area contributed by atoms with Gasteiger partial charge in [-0.3, -0.25) is 14.5 Å². The second kappa shape index (κ2) is 6.37. The van der Waals surface area contributed by atoms with Crippen molar-refractivity contribution >= 4 is 33.7 Å². The van der Waals surface area contributed by atoms with Crippen LogP contribution in [0.2, 0.25) is 0 Å². The number of ether oxygens (including phenoxy) is 1. The lowest BCUT2D eigenvalue weighted by molar-refractivity contribution is -0.125. The Hall–Kier alpha value is -2.05. The monoisotopic (exact) mass is 317 g/mol. The SMILES string of the molecule is O=C1CSC(=O)N1C[C@H](O)COc1cccc2ccccc12. The zero-order chi connectivity index (χ0) is 15.5. The number of fused-ring (bicyclic) bond motifs is 1. The Morgan fingerprint density at radius 2 is 1.95 bits per heavy atom. The third-order valence-corrected chi connectivity index (χ3v) is 4.27. The van der Waals surface area contributed by atoms with Gasteiger partial charge in [-0.15, -0.1) is 0 Å². The average molecular weight is 317 g/mol. The number of nitrogens with zero attached hydrogens (tertiary/aromatic N) is 1. The topological polar surface area (TPSA) is 66.8 Å². The van der Waals surface area contributed by atoms with Crippen molar-refractivity contribution in [2.45, 2.75) is 6.10 Å². The van der Waals surface area contributed by atoms with Crippen LogP contribution in [0.4, 0.5) is 4.79 Å². The van der Waals surface area contributed by atoms with Crippen LogP contribution in [0, 0.1) is 0 Å². The van der Waals surface area contributed by atoms with Crippen molar-refractivity contribution in [2.75, 3.05) is 18.9 Å². The Labute approximate surface area is 131 Å². The van der Waals surface area contributed by atoms with Gasteiger partial charge in [0, 0.05) is 5.39 Å². The normalized spacial score (nSPS) is 16.3. The van der Waals surface area contributed by atoms with E-state index in [0.717, 1.165) is 27.4 Å². The molecule has 6 heteroatoms. The van der Waals surface area contributed by atoms with Crippen molar-refractivity contribution in [1.82, 2.24) is 4.90 Å². The molecule has 1 heterocycles. The fraction of sp³-hybridized carbons (Fsp3) is 0.250. The molecule has 0 radical (unpaired) electrons. The highest BCUT2D eigenvalue weighted by molar-refractivity contribution is 8.14. The van der Waals surface area contributed by atoms with Crippen molar-refractivity contribution in [3.63, 3.8) is 0 Å². The van der Waals surface area contributed by atoms with Gasteiger partial charge < -0.3 is 9.84 Å². The quantitative estimate of drug-likeness (QED) is 0.916. The van der Waals surface area contributed by atoms with Crippen LogP contribution < -0.4 is 4.74 Å². The number of aliphatic hydroxyl groups excluding tert-OH is 1. The van der Waals surface area contributed by atoms with Crippen LogP contribution in [0.15, 0.2) is 42.5 Å². The Morgan fingerprint density at radius 1 is 1.18 bits per heavy atom. The highest BCUT2D eigenvalue weighted by atomic mass is 32.2. The van der Waals surface area contributed by atoms with E-state index in [-0.39, 0.29) is 30.1 Å². The van der Waals surface area contributed by atoms with Gasteiger partial charge in [0.1, 0.15) is 18.5 Å². The number of carbonyl (C=O) groups is 2. The van der Waals surface area contributed by atoms with Crippen LogP contribution in [0.25, 0.3) is 10.8 Å². The minimum absolute atomic E-state index is 0.0235. The first-order valence-electron chi connectivity index (χ1n) is 6.91. The number of amides is 2. The molecular weight excluding hydrogens is 302 g/mol. The lowest BCUT2D eigenvalue weighted by Crippen LogP contribution is -2.38. The van der Waals surface area contributed by atoms with Crippen LogP contribution in [0.3, 0.4) is 0 Å². The Balaban J connectivity index is 1.64. The molecule has 1 N–H and O–H groups in total. The first kappa shape index (κ1) is 14.9. The lowest BCUT2D eigenvalue weighted by atomic mass is 10.1. The van der Waals surface area contributed by atoms with Crippen molar-refractivity contribution in [2.24, 2.45) is 0 Å². The van der Waals surface area contributed by atoms with Crippen LogP contribution in [-0.2, 0) is 4.79 Å². The van der Waals surface area contributed by atoms with Gasteiger partial charge in [-0.1, -0.05) is 48.2 Å². The molecule has 1 aliphatic rings. The third kappa shape index (κ3) is 3.08. The summed E-state index contributed by atoms with van der Waals surface area (Å²) in [4.78, 5) is 24.1. The highest BCUT2D eigenvalue weighted by Gasteiger charge is 2.31. The van der Waals surface area contributed by atoms with Gasteiger partial charge in [0.15, 0.2) is 0 Å². The molecule has 2 aromatic carbocycles. The molecule has 5 nitrogen and oxygen atoms in total. The van der Waals surface area contributed by atoms with Crippen LogP contribution in [0.1, 0.15) is 0 Å². The summed E-state index contributed by atoms with van der Waals surface area (Å²) in [7, 11) is 0. The minimum Gasteiger partial charge on any atom is -0.490 e. The largest absolute Gasteiger partial charge is 0.490 e. The summed E-state index contributed by atoms with van der Waals surface area (Å²) in [5.41, 5.74) is 0. The van der Waals surface area contributed by atoms with Gasteiger partial charge in [-0.2, -0.15) is 0 Å². The summed E-state index contributed by atoms with van der Waals surface area (Å²) in [6.45, 7) is -0.00876. The fourth-order valence-electron chi connectivity index (χ4n) is 2.33. The van der Waals surface area contributed by atoms with Crippen molar-refractivity contribution in [3.8, 4) is 5.75 Å². The summed E-state index contributed by atoms with van der Waals surface area (Å²) in [6, 6.07) is 13.5. The number of thioether (sulfide) groups is 1. The van der Waals surface area contributed by atoms with Crippen LogP contribution in [0.5, 0.6) is 5.75 Å². The first-order chi connectivity index (χ1) is 10.6. The maximum atomic E-state index is 11.5. The van der Waals surface area contributed by atoms with Crippen molar-refractivity contribution in [3.05, 3.63) is 42.5 Å². The van der Waals surface area contributed by atoms with Gasteiger partial charge in [-0.25, -0.2) is 0 Å². The van der Waals surface area contributed by atoms with E-state index in [1.807, 2.05) is 42.5 Å². The summed E-state index contributed by atoms with van der Waals surface area (Å²) in [6.07, 6.45) is -0.912. The molecule has 0 aromatic heterocycles. The zero-order valence-corrected chi connectivity index (χ0v) is 12.6. The van der Waals surface area contributed by atoms with Crippen LogP contribution >= 0.6 is 11.8 Å². The molecule has 1 saturated heterocycles. The maximum Gasteiger partial charge on any atom is 0.288 e. The Bertz CT molecular complexity index is 697. The predicted octanol–water partition coefficient (Wildman–Crippen LogP) is 2.27. The van der Waals surface area contributed by atoms with E-state index >= 15 is 0 Å². The third-order valence-electron chi connectivity index (χ3n) is 3.41. The molecular formula is C16H15NO4S. The number of imide groups is 1. The molecule has 114 valence electrons. The predicted molar refractivity (Wildman–Crippen MR) is 85.0 cm³/mol. The number of carbonyl (C=O) groups excluding carboxylic acids is 2. The number of rotatable bonds is 5. The Kier molecular flexibility index (Phi) is 4.31. The number of aliphatic hydroxyl groups is 1. The molecule has 0 spiro atoms. The average Bonchev–Trinajstić information content (AvgIpc) is 2.85. The van der Waals surface area contributed by atoms with E-state index in [9.17, 15) is 14.7 Å². The molecule has 0 unspecified atom stereocenters. The number of hydrogen-bond acceptors (Lipinski definition) is 5. The molecule has 0 saturated carbocycles. The number of β-amino-alcohol motifs (C(OH)–C–C–N with tert-alkyl or cyclic N) is 1. The maximum absolute atomic E-state index is 11.5. The van der Waals surface area contributed by atoms with Gasteiger partial charge >= 0.3 is 0 Å². The van der Waals surface area contributed by atoms with Crippen LogP contribution in [-0.4, -0.2) is 46.2 Å². The van der Waals surface area contributed by atoms with Gasteiger partial charge in [0.25, 0.3) is 5.24 Å². The molecule has 3 rings (SSSR count). The fourth-order valence-corrected chi connectivity index (χ4v) is 3.06. The minimum atomic E-state index is -0.912. The second-order valence-corrected chi connectivity index (χ2v) is 5.93. The smallest absolute Gasteiger partial charge is 0.288 e. The molecule has 0 bridgehead atoms. The van der Waals surface area contributed by atoms with Crippen molar-refractivity contribution < 1.29 is 19.4 Å². The van der Waals surface area contributed by atoms with E-state index in [0.29, 0.717) is 5.75 Å². The second-order valence-electron chi connectivity index (χ2n) is 5.00. The van der Waals surface area contributed by atoms with E-state index in [1.165, 1.54) is 0 Å². The van der Waals surface area contributed by atoms with Gasteiger partial charge in [0.2, 0.25) is 5.91 Å². The standard InChI is InChI=1S/C16H15NO4S/c18-12(8-17-15(19)10-22-16(17)20)9-21-14-7-3-5-11-4-1-2-6-13(11)14/h1-7,12,18H,8-10H2/t12-/m0/s1. The summed E-state index contributed by atoms with van der Waals surface area (Å²) < 4.78 is 5.66. The van der Waals surface area contributed by atoms with E-state index in [4.69, 9.17) is 4.74 Å². The molecule has 1 fully saturated rings. The molecule has 22 heavy (non-hydrogen) atoms. The number of hydrogen-bond donors (Lipinski definition) is 1. The summed E-state index contributed by atoms with van der Waals surface area (Å²) >= 11 is 0.957. The number of benzene rings is 2. The zero-order valence-electron chi connectivity index (χ0n) is 11.8. The molecule has 2 aromatic rings. The first-order valence-corrected chi connectivity index (χ1v) is 7.89. The van der Waals surface area contributed by atoms with E-state index < -0.39 is 6.10 Å². The lowest BCUT2D eigenvalue weighted by Gasteiger charge is -2.18. The molecule has 2 amide bonds. The van der Waals surface area contributed by atoms with E-state index in [2.05, 4.69) is 0 Å². The molecule has 0 aliphatic carbocycles. The molecule has 1 aliphatic heterocycles. The van der Waals surface area contributed by atoms with E-state index in [1.54, 1.807) is 0 Å². The Morgan fingerprint density at radius 3 is 2.73 bits per heavy atom. The van der Waals surface area contributed by atoms with Crippen molar-refractivity contribution in [1.29, 1.82) is 0 Å². The summed E-state index contributed by atoms with van der Waals surface area (Å²) in [5, 5.41) is 11.7. The van der Waals surface area contributed by atoms with Gasteiger partial charge in [0.05, 0.1) is 12.3 Å². The molecule has 1 atom stereocenters. The highest BCUT2D eigenvalue weighted by Crippen LogP contribution is 2.25. The van der Waals surface area contributed by atoms with Gasteiger partial charge in [-0.05, 0) is 11.5 Å².